The van der Waals surface area contributed by atoms with Gasteiger partial charge in [-0.2, -0.15) is 0 Å². The van der Waals surface area contributed by atoms with Crippen molar-refractivity contribution < 1.29 is 51.8 Å². The number of anilines is 1. The molecule has 0 saturated carbocycles. The van der Waals surface area contributed by atoms with Crippen LogP contribution in [0.25, 0.3) is 0 Å². The quantitative estimate of drug-likeness (QED) is 0.0718. The molecule has 6 amide bonds. The lowest BCUT2D eigenvalue weighted by molar-refractivity contribution is -0.147. The number of carboxylic acid groups (broad SMARTS) is 1. The van der Waals surface area contributed by atoms with E-state index in [4.69, 9.17) is 16.3 Å². The number of sulfonamides is 1. The van der Waals surface area contributed by atoms with Crippen LogP contribution in [0.15, 0.2) is 65.0 Å². The molecular formula is C57H86ClN7O11S. The van der Waals surface area contributed by atoms with Crippen molar-refractivity contribution in [1.82, 2.24) is 29.6 Å². The molecular weight excluding hydrogens is 1030 g/mol. The molecule has 1 fully saturated rings. The molecule has 1 saturated heterocycles. The van der Waals surface area contributed by atoms with Crippen LogP contribution < -0.4 is 15.5 Å². The molecule has 428 valence electrons. The molecule has 0 unspecified atom stereocenters. The van der Waals surface area contributed by atoms with E-state index in [-0.39, 0.29) is 85.1 Å². The Labute approximate surface area is 462 Å². The fraction of sp³-hybridized carbons (Fsp3) is 0.632. The minimum atomic E-state index is -3.96. The van der Waals surface area contributed by atoms with Crippen LogP contribution in [0.5, 0.6) is 0 Å². The van der Waals surface area contributed by atoms with Crippen LogP contribution in [0, 0.1) is 29.6 Å². The Morgan fingerprint density at radius 3 is 2.06 bits per heavy atom. The number of amides is 6. The van der Waals surface area contributed by atoms with Gasteiger partial charge in [0.15, 0.2) is 4.36 Å². The second kappa shape index (κ2) is 29.6. The molecule has 18 nitrogen and oxygen atoms in total. The van der Waals surface area contributed by atoms with Crippen LogP contribution in [0.4, 0.5) is 5.69 Å². The third-order valence-electron chi connectivity index (χ3n) is 15.7. The lowest BCUT2D eigenvalue weighted by Gasteiger charge is -2.41. The van der Waals surface area contributed by atoms with Crippen molar-refractivity contribution in [3.8, 4) is 0 Å². The van der Waals surface area contributed by atoms with E-state index in [2.05, 4.69) is 10.6 Å². The molecule has 20 heteroatoms. The molecule has 0 aromatic heterocycles. The average molecular weight is 1110 g/mol. The van der Waals surface area contributed by atoms with Gasteiger partial charge in [0.1, 0.15) is 12.1 Å². The van der Waals surface area contributed by atoms with Crippen molar-refractivity contribution in [2.24, 2.45) is 29.6 Å². The van der Waals surface area contributed by atoms with E-state index in [0.29, 0.717) is 57.3 Å². The number of benzene rings is 2. The zero-order chi connectivity index (χ0) is 57.5. The first-order chi connectivity index (χ1) is 36.3. The fourth-order valence-electron chi connectivity index (χ4n) is 10.6. The Morgan fingerprint density at radius 2 is 1.51 bits per heavy atom. The predicted molar refractivity (Wildman–Crippen MR) is 299 cm³/mol. The number of carboxylic acids is 1. The van der Waals surface area contributed by atoms with Crippen LogP contribution >= 0.6 is 11.6 Å². The van der Waals surface area contributed by atoms with Gasteiger partial charge in [-0.15, -0.1) is 0 Å². The van der Waals surface area contributed by atoms with Crippen LogP contribution in [0.3, 0.4) is 0 Å². The lowest BCUT2D eigenvalue weighted by Crippen LogP contribution is -2.60. The first-order valence-electron chi connectivity index (χ1n) is 27.2. The molecule has 2 aliphatic rings. The molecule has 2 aromatic rings. The summed E-state index contributed by atoms with van der Waals surface area (Å²) < 4.78 is 30.7. The van der Waals surface area contributed by atoms with Gasteiger partial charge in [-0.05, 0) is 86.1 Å². The normalized spacial score (nSPS) is 18.5. The maximum atomic E-state index is 14.7. The molecule has 0 bridgehead atoms. The Hall–Kier alpha value is -5.37. The van der Waals surface area contributed by atoms with Crippen molar-refractivity contribution in [2.75, 3.05) is 52.8 Å². The monoisotopic (exact) mass is 1110 g/mol. The van der Waals surface area contributed by atoms with Crippen LogP contribution in [0.2, 0.25) is 0 Å². The second-order valence-corrected chi connectivity index (χ2v) is 24.2. The molecule has 4 rings (SSSR count). The topological polar surface area (TPSA) is 223 Å². The standard InChI is InChI=1S/C57H86ClN7O11S/c1-13-38(6)53(46(76-12)34-49(67)64-30-20-23-45(64)39(7)40(8)54(69)59-44(57(72)73)33-42-21-16-14-17-22-42)63(11)56(71)51(36(2)3)60-55(70)52(37(4)5)61(9)32-29-41-25-27-43(28-26-41)62(10)48(66)24-18-15-19-31-65-50(68)35-47(58)77(65,74)75/h14,16-17,21-22,25-28,35-40,44-46,51-53H,13,15,18-20,23-24,29-34H2,1-12H3,(H,59,69)(H,60,70)(H,72,73)/t38-,39+,40+,44-,45-,46+,51-,52-,53-/m0/s1. The number of likely N-dealkylation sites (tertiary alicyclic amines) is 1. The number of halogens is 1. The zero-order valence-electron chi connectivity index (χ0n) is 47.4. The Balaban J connectivity index is 1.35. The van der Waals surface area contributed by atoms with Gasteiger partial charge < -0.3 is 35.2 Å². The van der Waals surface area contributed by atoms with Crippen molar-refractivity contribution in [3.63, 3.8) is 0 Å². The molecule has 0 aliphatic carbocycles. The van der Waals surface area contributed by atoms with E-state index in [1.807, 2.05) is 120 Å². The number of carbonyl (C=O) groups is 7. The number of aliphatic carboxylic acids is 1. The van der Waals surface area contributed by atoms with Gasteiger partial charge in [0.2, 0.25) is 29.5 Å². The summed E-state index contributed by atoms with van der Waals surface area (Å²) in [5, 5.41) is 15.8. The maximum Gasteiger partial charge on any atom is 0.326 e. The molecule has 3 N–H and O–H groups in total. The summed E-state index contributed by atoms with van der Waals surface area (Å²) in [6.45, 7) is 16.5. The molecule has 0 spiro atoms. The number of carbonyl (C=O) groups excluding carboxylic acids is 6. The summed E-state index contributed by atoms with van der Waals surface area (Å²) in [6.07, 6.45) is 4.77. The minimum Gasteiger partial charge on any atom is -0.480 e. The number of hydrogen-bond acceptors (Lipinski definition) is 11. The Bertz CT molecular complexity index is 2480. The van der Waals surface area contributed by atoms with Crippen LogP contribution in [-0.4, -0.2) is 158 Å². The van der Waals surface area contributed by atoms with Crippen molar-refractivity contribution in [3.05, 3.63) is 76.2 Å². The van der Waals surface area contributed by atoms with E-state index in [1.165, 1.54) is 0 Å². The zero-order valence-corrected chi connectivity index (χ0v) is 48.9. The maximum absolute atomic E-state index is 14.7. The second-order valence-electron chi connectivity index (χ2n) is 21.8. The summed E-state index contributed by atoms with van der Waals surface area (Å²) in [7, 11) is 2.88. The van der Waals surface area contributed by atoms with E-state index in [9.17, 15) is 47.1 Å². The summed E-state index contributed by atoms with van der Waals surface area (Å²) in [4.78, 5) is 101. The highest BCUT2D eigenvalue weighted by Gasteiger charge is 2.43. The van der Waals surface area contributed by atoms with Gasteiger partial charge >= 0.3 is 5.97 Å². The van der Waals surface area contributed by atoms with Crippen molar-refractivity contribution in [2.45, 2.75) is 156 Å². The molecule has 9 atom stereocenters. The first-order valence-corrected chi connectivity index (χ1v) is 29.0. The van der Waals surface area contributed by atoms with Crippen LogP contribution in [0.1, 0.15) is 118 Å². The number of nitrogens with zero attached hydrogens (tertiary/aromatic N) is 5. The van der Waals surface area contributed by atoms with Crippen LogP contribution in [-0.2, 0) is 61.2 Å². The van der Waals surface area contributed by atoms with Gasteiger partial charge in [-0.25, -0.2) is 17.5 Å². The number of likely N-dealkylation sites (N-methyl/N-ethyl adjacent to an activating group) is 2. The third kappa shape index (κ3) is 17.1. The van der Waals surface area contributed by atoms with E-state index >= 15 is 0 Å². The highest BCUT2D eigenvalue weighted by atomic mass is 35.5. The number of nitrogens with one attached hydrogen (secondary N) is 2. The van der Waals surface area contributed by atoms with E-state index in [0.717, 1.165) is 27.9 Å². The van der Waals surface area contributed by atoms with Gasteiger partial charge in [0.25, 0.3) is 15.9 Å². The average Bonchev–Trinajstić information content (AvgIpc) is 3.96. The van der Waals surface area contributed by atoms with Gasteiger partial charge in [0, 0.05) is 77.4 Å². The Kier molecular flexibility index (Phi) is 24.6. The van der Waals surface area contributed by atoms with Gasteiger partial charge in [-0.3, -0.25) is 33.7 Å². The number of methoxy groups -OCH3 is 1. The van der Waals surface area contributed by atoms with E-state index in [1.54, 1.807) is 37.9 Å². The van der Waals surface area contributed by atoms with Gasteiger partial charge in [0.05, 0.1) is 24.6 Å². The summed E-state index contributed by atoms with van der Waals surface area (Å²) in [6, 6.07) is 13.4. The van der Waals surface area contributed by atoms with Crippen molar-refractivity contribution in [1.29, 1.82) is 0 Å². The SMILES string of the molecule is CC[C@H](C)[C@@H]([C@@H](CC(=O)N1CCC[C@H]1[C@H](C)[C@@H](C)C(=O)N[C@@H](Cc1ccccc1)C(=O)O)OC)N(C)C(=O)[C@@H](NC(=O)[C@H](C(C)C)N(C)CCc1ccc(N(C)C(=O)CCCCCN2C(=O)C=C(Cl)S2(=O)=O)cc1)C(C)C. The molecule has 2 heterocycles. The molecule has 0 radical (unpaired) electrons. The lowest BCUT2D eigenvalue weighted by atomic mass is 9.86. The smallest absolute Gasteiger partial charge is 0.326 e. The van der Waals surface area contributed by atoms with Crippen molar-refractivity contribution >= 4 is 68.7 Å². The summed E-state index contributed by atoms with van der Waals surface area (Å²) >= 11 is 5.68. The van der Waals surface area contributed by atoms with Gasteiger partial charge in [-0.1, -0.05) is 122 Å². The number of rotatable bonds is 30. The number of hydrogen-bond donors (Lipinski definition) is 3. The first kappa shape index (κ1) is 64.2. The largest absolute Gasteiger partial charge is 0.480 e. The molecule has 77 heavy (non-hydrogen) atoms. The summed E-state index contributed by atoms with van der Waals surface area (Å²) in [5.74, 6) is -4.36. The third-order valence-corrected chi connectivity index (χ3v) is 18.0. The molecule has 2 aromatic carbocycles. The molecule has 2 aliphatic heterocycles. The fourth-order valence-corrected chi connectivity index (χ4v) is 12.1. The number of unbranched alkanes of at least 4 members (excludes halogenated alkanes) is 2. The summed E-state index contributed by atoms with van der Waals surface area (Å²) in [5.41, 5.74) is 2.50. The number of ether oxygens (including phenoxy) is 1. The van der Waals surface area contributed by atoms with E-state index < -0.39 is 62.5 Å². The Morgan fingerprint density at radius 1 is 0.857 bits per heavy atom. The predicted octanol–water partition coefficient (Wildman–Crippen LogP) is 6.46. The highest BCUT2D eigenvalue weighted by Crippen LogP contribution is 2.32. The minimum absolute atomic E-state index is 0.0000286. The highest BCUT2D eigenvalue weighted by molar-refractivity contribution is 7.95.